The Morgan fingerprint density at radius 3 is 2.67 bits per heavy atom. The first-order valence-corrected chi connectivity index (χ1v) is 5.39. The molecule has 0 N–H and O–H groups in total. The lowest BCUT2D eigenvalue weighted by Crippen LogP contribution is -2.15. The lowest BCUT2D eigenvalue weighted by molar-refractivity contribution is 0.0588. The highest BCUT2D eigenvalue weighted by Gasteiger charge is 2.13. The van der Waals surface area contributed by atoms with Crippen molar-refractivity contribution in [1.82, 2.24) is 9.55 Å². The average Bonchev–Trinajstić information content (AvgIpc) is 2.87. The van der Waals surface area contributed by atoms with Gasteiger partial charge in [-0.2, -0.15) is 0 Å². The van der Waals surface area contributed by atoms with E-state index in [0.717, 1.165) is 0 Å². The van der Waals surface area contributed by atoms with Crippen molar-refractivity contribution in [3.8, 4) is 0 Å². The van der Waals surface area contributed by atoms with Crippen LogP contribution in [0.2, 0.25) is 0 Å². The molecule has 2 aromatic heterocycles. The van der Waals surface area contributed by atoms with Gasteiger partial charge in [-0.25, -0.2) is 4.79 Å². The van der Waals surface area contributed by atoms with Gasteiger partial charge in [-0.15, -0.1) is 0 Å². The molecule has 5 heteroatoms. The van der Waals surface area contributed by atoms with E-state index in [0.29, 0.717) is 11.3 Å². The highest BCUT2D eigenvalue weighted by molar-refractivity contribution is 5.96. The van der Waals surface area contributed by atoms with Crippen LogP contribution in [-0.4, -0.2) is 28.4 Å². The maximum atomic E-state index is 12.0. The van der Waals surface area contributed by atoms with Crippen molar-refractivity contribution in [3.05, 3.63) is 54.1 Å². The molecule has 0 saturated carbocycles. The van der Waals surface area contributed by atoms with E-state index in [-0.39, 0.29) is 12.3 Å². The molecule has 0 saturated heterocycles. The van der Waals surface area contributed by atoms with E-state index in [2.05, 4.69) is 9.72 Å². The number of ether oxygens (including phenoxy) is 1. The quantitative estimate of drug-likeness (QED) is 0.604. The number of pyridine rings is 1. The van der Waals surface area contributed by atoms with Gasteiger partial charge in [0.05, 0.1) is 13.7 Å². The fourth-order valence-corrected chi connectivity index (χ4v) is 1.63. The minimum absolute atomic E-state index is 0.0845. The molecule has 0 aliphatic rings. The molecule has 92 valence electrons. The second-order valence-electron chi connectivity index (χ2n) is 3.67. The Hall–Kier alpha value is -2.43. The Bertz CT molecular complexity index is 561. The zero-order valence-electron chi connectivity index (χ0n) is 9.87. The second kappa shape index (κ2) is 5.27. The third-order valence-corrected chi connectivity index (χ3v) is 2.54. The van der Waals surface area contributed by atoms with Crippen molar-refractivity contribution in [3.63, 3.8) is 0 Å². The normalized spacial score (nSPS) is 10.1. The molecular formula is C13H12N2O3. The summed E-state index contributed by atoms with van der Waals surface area (Å²) in [6.07, 6.45) is 4.79. The van der Waals surface area contributed by atoms with Crippen LogP contribution in [0, 0.1) is 0 Å². The van der Waals surface area contributed by atoms with Crippen LogP contribution < -0.4 is 0 Å². The van der Waals surface area contributed by atoms with Crippen LogP contribution in [0.3, 0.4) is 0 Å². The summed E-state index contributed by atoms with van der Waals surface area (Å²) in [4.78, 5) is 27.3. The number of esters is 1. The zero-order valence-corrected chi connectivity index (χ0v) is 9.87. The van der Waals surface area contributed by atoms with Gasteiger partial charge in [0.1, 0.15) is 5.69 Å². The molecule has 0 spiro atoms. The van der Waals surface area contributed by atoms with Gasteiger partial charge in [0, 0.05) is 24.2 Å². The maximum absolute atomic E-state index is 12.0. The lowest BCUT2D eigenvalue weighted by atomic mass is 10.2. The fraction of sp³-hybridized carbons (Fsp3) is 0.154. The van der Waals surface area contributed by atoms with Crippen molar-refractivity contribution in [1.29, 1.82) is 0 Å². The van der Waals surface area contributed by atoms with Crippen molar-refractivity contribution < 1.29 is 14.3 Å². The summed E-state index contributed by atoms with van der Waals surface area (Å²) in [5.41, 5.74) is 0.925. The molecule has 5 nitrogen and oxygen atoms in total. The number of aromatic nitrogens is 2. The first-order chi connectivity index (χ1) is 8.72. The molecule has 0 aliphatic heterocycles. The Morgan fingerprint density at radius 1 is 1.28 bits per heavy atom. The van der Waals surface area contributed by atoms with Crippen molar-refractivity contribution in [2.24, 2.45) is 0 Å². The number of rotatable bonds is 4. The first-order valence-electron chi connectivity index (χ1n) is 5.39. The predicted octanol–water partition coefficient (Wildman–Crippen LogP) is 1.55. The van der Waals surface area contributed by atoms with Crippen LogP contribution in [0.15, 0.2) is 42.9 Å². The molecule has 18 heavy (non-hydrogen) atoms. The molecule has 0 radical (unpaired) electrons. The first kappa shape index (κ1) is 12.0. The van der Waals surface area contributed by atoms with Crippen LogP contribution in [0.1, 0.15) is 20.8 Å². The number of methoxy groups -OCH3 is 1. The van der Waals surface area contributed by atoms with Crippen molar-refractivity contribution in [2.75, 3.05) is 7.11 Å². The van der Waals surface area contributed by atoms with E-state index in [4.69, 9.17) is 0 Å². The molecule has 0 fully saturated rings. The number of ketones is 1. The smallest absolute Gasteiger partial charge is 0.354 e. The molecule has 2 rings (SSSR count). The van der Waals surface area contributed by atoms with Gasteiger partial charge >= 0.3 is 5.97 Å². The van der Waals surface area contributed by atoms with Gasteiger partial charge in [0.25, 0.3) is 0 Å². The largest absolute Gasteiger partial charge is 0.464 e. The van der Waals surface area contributed by atoms with E-state index in [9.17, 15) is 9.59 Å². The van der Waals surface area contributed by atoms with Crippen LogP contribution in [0.4, 0.5) is 0 Å². The summed E-state index contributed by atoms with van der Waals surface area (Å²) in [6.45, 7) is 0.0987. The summed E-state index contributed by atoms with van der Waals surface area (Å²) in [7, 11) is 1.31. The number of carbonyl (C=O) groups excluding carboxylic acids is 2. The minimum atomic E-state index is -0.456. The monoisotopic (exact) mass is 244 g/mol. The SMILES string of the molecule is COC(=O)c1cccn1CC(=O)c1ccncc1. The molecule has 2 aromatic rings. The summed E-state index contributed by atoms with van der Waals surface area (Å²) in [5, 5.41) is 0. The van der Waals surface area contributed by atoms with Gasteiger partial charge in [0.15, 0.2) is 5.78 Å². The van der Waals surface area contributed by atoms with Crippen LogP contribution >= 0.6 is 0 Å². The Labute approximate surface area is 104 Å². The third kappa shape index (κ3) is 2.45. The lowest BCUT2D eigenvalue weighted by Gasteiger charge is -2.06. The van der Waals surface area contributed by atoms with E-state index in [1.54, 1.807) is 47.4 Å². The number of Topliss-reactive ketones (excluding diaryl/α,β-unsaturated/α-hetero) is 1. The summed E-state index contributed by atoms with van der Waals surface area (Å²) < 4.78 is 6.21. The summed E-state index contributed by atoms with van der Waals surface area (Å²) in [6, 6.07) is 6.60. The fourth-order valence-electron chi connectivity index (χ4n) is 1.63. The second-order valence-corrected chi connectivity index (χ2v) is 3.67. The van der Waals surface area contributed by atoms with E-state index in [1.807, 2.05) is 0 Å². The number of carbonyl (C=O) groups is 2. The molecule has 0 atom stereocenters. The Morgan fingerprint density at radius 2 is 2.00 bits per heavy atom. The van der Waals surface area contributed by atoms with Crippen LogP contribution in [0.25, 0.3) is 0 Å². The van der Waals surface area contributed by atoms with Gasteiger partial charge < -0.3 is 9.30 Å². The van der Waals surface area contributed by atoms with Crippen molar-refractivity contribution in [2.45, 2.75) is 6.54 Å². The predicted molar refractivity (Wildman–Crippen MR) is 64.3 cm³/mol. The topological polar surface area (TPSA) is 61.2 Å². The Balaban J connectivity index is 2.18. The van der Waals surface area contributed by atoms with Crippen LogP contribution in [0.5, 0.6) is 0 Å². The van der Waals surface area contributed by atoms with E-state index >= 15 is 0 Å². The minimum Gasteiger partial charge on any atom is -0.464 e. The molecule has 0 bridgehead atoms. The number of hydrogen-bond donors (Lipinski definition) is 0. The van der Waals surface area contributed by atoms with Gasteiger partial charge in [-0.3, -0.25) is 9.78 Å². The van der Waals surface area contributed by atoms with Crippen molar-refractivity contribution >= 4 is 11.8 Å². The Kier molecular flexibility index (Phi) is 3.52. The highest BCUT2D eigenvalue weighted by Crippen LogP contribution is 2.07. The van der Waals surface area contributed by atoms with Crippen LogP contribution in [-0.2, 0) is 11.3 Å². The standard InChI is InChI=1S/C13H12N2O3/c1-18-13(17)11-3-2-8-15(11)9-12(16)10-4-6-14-7-5-10/h2-8H,9H2,1H3. The summed E-state index contributed by atoms with van der Waals surface area (Å²) in [5.74, 6) is -0.540. The van der Waals surface area contributed by atoms with Gasteiger partial charge in [0.2, 0.25) is 0 Å². The maximum Gasteiger partial charge on any atom is 0.354 e. The third-order valence-electron chi connectivity index (χ3n) is 2.54. The molecule has 0 aliphatic carbocycles. The molecule has 0 amide bonds. The highest BCUT2D eigenvalue weighted by atomic mass is 16.5. The molecule has 0 aromatic carbocycles. The number of nitrogens with zero attached hydrogens (tertiary/aromatic N) is 2. The van der Waals surface area contributed by atoms with E-state index in [1.165, 1.54) is 7.11 Å². The average molecular weight is 244 g/mol. The van der Waals surface area contributed by atoms with E-state index < -0.39 is 5.97 Å². The zero-order chi connectivity index (χ0) is 13.0. The number of hydrogen-bond acceptors (Lipinski definition) is 4. The summed E-state index contributed by atoms with van der Waals surface area (Å²) >= 11 is 0. The van der Waals surface area contributed by atoms with Gasteiger partial charge in [-0.1, -0.05) is 0 Å². The van der Waals surface area contributed by atoms with Gasteiger partial charge in [-0.05, 0) is 24.3 Å². The molecular weight excluding hydrogens is 232 g/mol. The molecule has 0 unspecified atom stereocenters. The molecule has 2 heterocycles.